The molecule has 0 saturated heterocycles. The van der Waals surface area contributed by atoms with Crippen LogP contribution in [0.4, 0.5) is 0 Å². The van der Waals surface area contributed by atoms with E-state index in [1.165, 1.54) is 18.4 Å². The fourth-order valence-electron chi connectivity index (χ4n) is 1.91. The Bertz CT molecular complexity index is 304. The predicted molar refractivity (Wildman–Crippen MR) is 61.5 cm³/mol. The van der Waals surface area contributed by atoms with Gasteiger partial charge in [-0.1, -0.05) is 30.3 Å². The topological polar surface area (TPSA) is 32.3 Å². The maximum atomic E-state index is 10.1. The van der Waals surface area contributed by atoms with E-state index >= 15 is 0 Å². The Balaban J connectivity index is 1.75. The van der Waals surface area contributed by atoms with Crippen molar-refractivity contribution in [3.63, 3.8) is 0 Å². The third kappa shape index (κ3) is 3.05. The van der Waals surface area contributed by atoms with E-state index in [-0.39, 0.29) is 0 Å². The van der Waals surface area contributed by atoms with Gasteiger partial charge in [-0.3, -0.25) is 0 Å². The minimum absolute atomic E-state index is 0.515. The highest BCUT2D eigenvalue weighted by atomic mass is 16.3. The normalized spacial score (nSPS) is 19.9. The highest BCUT2D eigenvalue weighted by Crippen LogP contribution is 2.38. The van der Waals surface area contributed by atoms with Crippen LogP contribution >= 0.6 is 0 Å². The Morgan fingerprint density at radius 1 is 1.33 bits per heavy atom. The number of nitrogens with one attached hydrogen (secondary N) is 1. The second-order valence-corrected chi connectivity index (χ2v) is 4.72. The van der Waals surface area contributed by atoms with Gasteiger partial charge >= 0.3 is 0 Å². The third-order valence-electron chi connectivity index (χ3n) is 3.11. The molecule has 0 spiro atoms. The predicted octanol–water partition coefficient (Wildman–Crippen LogP) is 1.94. The molecule has 2 N–H and O–H groups in total. The lowest BCUT2D eigenvalue weighted by Crippen LogP contribution is -2.39. The largest absolute Gasteiger partial charge is 0.389 e. The van der Waals surface area contributed by atoms with Gasteiger partial charge in [-0.2, -0.15) is 0 Å². The quantitative estimate of drug-likeness (QED) is 0.770. The Morgan fingerprint density at radius 3 is 2.60 bits per heavy atom. The summed E-state index contributed by atoms with van der Waals surface area (Å²) in [6.45, 7) is 3.46. The van der Waals surface area contributed by atoms with Gasteiger partial charge in [0.1, 0.15) is 0 Å². The molecule has 0 amide bonds. The number of hydrogen-bond acceptors (Lipinski definition) is 2. The van der Waals surface area contributed by atoms with Crippen molar-refractivity contribution in [3.05, 3.63) is 35.9 Å². The number of aliphatic hydroxyl groups is 1. The summed E-state index contributed by atoms with van der Waals surface area (Å²) in [5.41, 5.74) is 0.749. The summed E-state index contributed by atoms with van der Waals surface area (Å²) >= 11 is 0. The molecular weight excluding hydrogens is 186 g/mol. The summed E-state index contributed by atoms with van der Waals surface area (Å²) in [5, 5.41) is 13.4. The van der Waals surface area contributed by atoms with Gasteiger partial charge in [-0.15, -0.1) is 0 Å². The van der Waals surface area contributed by atoms with E-state index in [4.69, 9.17) is 0 Å². The van der Waals surface area contributed by atoms with E-state index in [1.807, 2.05) is 25.1 Å². The standard InChI is InChI=1S/C13H19NO/c1-13(15,12-7-8-12)10-14-9-11-5-3-2-4-6-11/h2-6,12,14-15H,7-10H2,1H3. The average Bonchev–Trinajstić information content (AvgIpc) is 3.02. The first kappa shape index (κ1) is 10.7. The lowest BCUT2D eigenvalue weighted by Gasteiger charge is -2.23. The van der Waals surface area contributed by atoms with Crippen LogP contribution in [0.2, 0.25) is 0 Å². The second-order valence-electron chi connectivity index (χ2n) is 4.72. The van der Waals surface area contributed by atoms with E-state index in [1.54, 1.807) is 0 Å². The second kappa shape index (κ2) is 4.33. The van der Waals surface area contributed by atoms with Gasteiger partial charge in [0, 0.05) is 13.1 Å². The van der Waals surface area contributed by atoms with Crippen LogP contribution in [-0.4, -0.2) is 17.3 Å². The molecule has 2 heteroatoms. The zero-order valence-corrected chi connectivity index (χ0v) is 9.24. The number of rotatable bonds is 5. The smallest absolute Gasteiger partial charge is 0.0771 e. The Labute approximate surface area is 91.3 Å². The molecule has 0 aliphatic heterocycles. The molecule has 0 radical (unpaired) electrons. The molecule has 1 aromatic carbocycles. The maximum Gasteiger partial charge on any atom is 0.0771 e. The van der Waals surface area contributed by atoms with Gasteiger partial charge in [-0.25, -0.2) is 0 Å². The van der Waals surface area contributed by atoms with E-state index in [0.717, 1.165) is 6.54 Å². The highest BCUT2D eigenvalue weighted by Gasteiger charge is 2.39. The van der Waals surface area contributed by atoms with Crippen LogP contribution in [0.3, 0.4) is 0 Å². The molecule has 1 unspecified atom stereocenters. The van der Waals surface area contributed by atoms with Gasteiger partial charge in [-0.05, 0) is 31.2 Å². The van der Waals surface area contributed by atoms with Crippen molar-refractivity contribution in [2.75, 3.05) is 6.54 Å². The van der Waals surface area contributed by atoms with Gasteiger partial charge in [0.2, 0.25) is 0 Å². The molecule has 1 atom stereocenters. The summed E-state index contributed by atoms with van der Waals surface area (Å²) in [6.07, 6.45) is 2.36. The summed E-state index contributed by atoms with van der Waals surface area (Å²) < 4.78 is 0. The van der Waals surface area contributed by atoms with Crippen LogP contribution in [0.1, 0.15) is 25.3 Å². The average molecular weight is 205 g/mol. The van der Waals surface area contributed by atoms with E-state index in [9.17, 15) is 5.11 Å². The molecular formula is C13H19NO. The zero-order valence-electron chi connectivity index (χ0n) is 9.24. The van der Waals surface area contributed by atoms with Crippen LogP contribution in [0.25, 0.3) is 0 Å². The molecule has 2 nitrogen and oxygen atoms in total. The monoisotopic (exact) mass is 205 g/mol. The molecule has 1 aliphatic carbocycles. The Hall–Kier alpha value is -0.860. The summed E-state index contributed by atoms with van der Waals surface area (Å²) in [7, 11) is 0. The summed E-state index contributed by atoms with van der Waals surface area (Å²) in [4.78, 5) is 0. The van der Waals surface area contributed by atoms with Gasteiger partial charge < -0.3 is 10.4 Å². The van der Waals surface area contributed by atoms with Crippen LogP contribution < -0.4 is 5.32 Å². The van der Waals surface area contributed by atoms with Crippen molar-refractivity contribution in [3.8, 4) is 0 Å². The molecule has 0 bridgehead atoms. The van der Waals surface area contributed by atoms with Crippen molar-refractivity contribution in [2.24, 2.45) is 5.92 Å². The molecule has 0 aromatic heterocycles. The van der Waals surface area contributed by atoms with Crippen molar-refractivity contribution in [1.82, 2.24) is 5.32 Å². The number of hydrogen-bond donors (Lipinski definition) is 2. The minimum atomic E-state index is -0.519. The molecule has 15 heavy (non-hydrogen) atoms. The Kier molecular flexibility index (Phi) is 3.08. The third-order valence-corrected chi connectivity index (χ3v) is 3.11. The number of benzene rings is 1. The Morgan fingerprint density at radius 2 is 2.00 bits per heavy atom. The van der Waals surface area contributed by atoms with Crippen LogP contribution in [0, 0.1) is 5.92 Å². The lowest BCUT2D eigenvalue weighted by molar-refractivity contribution is 0.0367. The molecule has 2 rings (SSSR count). The molecule has 1 saturated carbocycles. The lowest BCUT2D eigenvalue weighted by atomic mass is 10.0. The van der Waals surface area contributed by atoms with Crippen molar-refractivity contribution < 1.29 is 5.11 Å². The van der Waals surface area contributed by atoms with Crippen LogP contribution in [0.5, 0.6) is 0 Å². The van der Waals surface area contributed by atoms with Gasteiger partial charge in [0.05, 0.1) is 5.60 Å². The van der Waals surface area contributed by atoms with Crippen molar-refractivity contribution in [1.29, 1.82) is 0 Å². The molecule has 1 fully saturated rings. The van der Waals surface area contributed by atoms with Crippen molar-refractivity contribution >= 4 is 0 Å². The van der Waals surface area contributed by atoms with Gasteiger partial charge in [0.25, 0.3) is 0 Å². The SMILES string of the molecule is CC(O)(CNCc1ccccc1)C1CC1. The highest BCUT2D eigenvalue weighted by molar-refractivity contribution is 5.14. The first-order valence-corrected chi connectivity index (χ1v) is 5.65. The van der Waals surface area contributed by atoms with Crippen molar-refractivity contribution in [2.45, 2.75) is 31.9 Å². The maximum absolute atomic E-state index is 10.1. The van der Waals surface area contributed by atoms with Crippen LogP contribution in [-0.2, 0) is 6.54 Å². The summed E-state index contributed by atoms with van der Waals surface area (Å²) in [6, 6.07) is 10.3. The first-order valence-electron chi connectivity index (χ1n) is 5.65. The first-order chi connectivity index (χ1) is 7.18. The van der Waals surface area contributed by atoms with E-state index < -0.39 is 5.60 Å². The fraction of sp³-hybridized carbons (Fsp3) is 0.538. The van der Waals surface area contributed by atoms with E-state index in [2.05, 4.69) is 17.4 Å². The molecule has 82 valence electrons. The molecule has 1 aromatic rings. The van der Waals surface area contributed by atoms with Gasteiger partial charge in [0.15, 0.2) is 0 Å². The molecule has 1 aliphatic rings. The fourth-order valence-corrected chi connectivity index (χ4v) is 1.91. The van der Waals surface area contributed by atoms with Crippen LogP contribution in [0.15, 0.2) is 30.3 Å². The van der Waals surface area contributed by atoms with E-state index in [0.29, 0.717) is 12.5 Å². The zero-order chi connectivity index (χ0) is 10.7. The molecule has 0 heterocycles. The minimum Gasteiger partial charge on any atom is -0.389 e. The summed E-state index contributed by atoms with van der Waals surface area (Å²) in [5.74, 6) is 0.515.